The highest BCUT2D eigenvalue weighted by molar-refractivity contribution is 5.76. The zero-order valence-electron chi connectivity index (χ0n) is 8.97. The van der Waals surface area contributed by atoms with Crippen LogP contribution in [0.1, 0.15) is 11.7 Å². The summed E-state index contributed by atoms with van der Waals surface area (Å²) in [5.74, 6) is 0.133. The second-order valence-corrected chi connectivity index (χ2v) is 3.40. The zero-order chi connectivity index (χ0) is 11.7. The third kappa shape index (κ3) is 1.69. The largest absolute Gasteiger partial charge is 0.493 e. The summed E-state index contributed by atoms with van der Waals surface area (Å²) in [4.78, 5) is 10.7. The topological polar surface area (TPSA) is 68.3 Å². The van der Waals surface area contributed by atoms with E-state index < -0.39 is 18.2 Å². The summed E-state index contributed by atoms with van der Waals surface area (Å²) in [6, 6.07) is 5.30. The van der Waals surface area contributed by atoms with Gasteiger partial charge in [0.2, 0.25) is 0 Å². The number of methoxy groups -OCH3 is 2. The van der Waals surface area contributed by atoms with E-state index in [9.17, 15) is 4.79 Å². The van der Waals surface area contributed by atoms with Crippen molar-refractivity contribution in [3.05, 3.63) is 23.8 Å². The number of carboxylic acids is 1. The lowest BCUT2D eigenvalue weighted by atomic mass is 10.1. The summed E-state index contributed by atoms with van der Waals surface area (Å²) in [5.41, 5.74) is 0.703. The first-order valence-electron chi connectivity index (χ1n) is 4.78. The van der Waals surface area contributed by atoms with E-state index in [1.54, 1.807) is 18.2 Å². The van der Waals surface area contributed by atoms with Crippen LogP contribution in [0.3, 0.4) is 0 Å². The van der Waals surface area contributed by atoms with Crippen LogP contribution >= 0.6 is 0 Å². The Morgan fingerprint density at radius 2 is 2.12 bits per heavy atom. The fourth-order valence-electron chi connectivity index (χ4n) is 1.67. The first kappa shape index (κ1) is 10.8. The third-order valence-electron chi connectivity index (χ3n) is 2.47. The van der Waals surface area contributed by atoms with Gasteiger partial charge >= 0.3 is 5.97 Å². The molecule has 1 heterocycles. The molecule has 1 N–H and O–H groups in total. The summed E-state index contributed by atoms with van der Waals surface area (Å²) in [6.07, 6.45) is -1.22. The summed E-state index contributed by atoms with van der Waals surface area (Å²) < 4.78 is 15.4. The Bertz CT molecular complexity index is 415. The minimum absolute atomic E-state index is 0.442. The zero-order valence-corrected chi connectivity index (χ0v) is 8.97. The third-order valence-corrected chi connectivity index (χ3v) is 2.47. The van der Waals surface area contributed by atoms with Crippen LogP contribution in [0.4, 0.5) is 0 Å². The van der Waals surface area contributed by atoms with Crippen molar-refractivity contribution in [1.29, 1.82) is 0 Å². The van der Waals surface area contributed by atoms with Gasteiger partial charge in [-0.25, -0.2) is 4.79 Å². The van der Waals surface area contributed by atoms with Crippen molar-refractivity contribution in [3.8, 4) is 11.5 Å². The van der Waals surface area contributed by atoms with Gasteiger partial charge in [0.1, 0.15) is 6.10 Å². The van der Waals surface area contributed by atoms with E-state index in [0.29, 0.717) is 17.1 Å². The average Bonchev–Trinajstić information content (AvgIpc) is 3.07. The molecule has 2 atom stereocenters. The molecule has 5 nitrogen and oxygen atoms in total. The maximum atomic E-state index is 10.7. The van der Waals surface area contributed by atoms with Crippen molar-refractivity contribution in [3.63, 3.8) is 0 Å². The molecule has 0 amide bonds. The number of hydrogen-bond donors (Lipinski definition) is 1. The molecule has 0 unspecified atom stereocenters. The van der Waals surface area contributed by atoms with Crippen molar-refractivity contribution < 1.29 is 24.1 Å². The van der Waals surface area contributed by atoms with Crippen molar-refractivity contribution in [2.24, 2.45) is 0 Å². The number of hydrogen-bond acceptors (Lipinski definition) is 4. The first-order valence-corrected chi connectivity index (χ1v) is 4.78. The lowest BCUT2D eigenvalue weighted by Crippen LogP contribution is -2.05. The molecule has 1 saturated heterocycles. The molecule has 2 rings (SSSR count). The van der Waals surface area contributed by atoms with E-state index in [1.807, 2.05) is 0 Å². The maximum Gasteiger partial charge on any atom is 0.335 e. The molecule has 0 aromatic heterocycles. The molecule has 1 aromatic carbocycles. The number of ether oxygens (including phenoxy) is 3. The predicted octanol–water partition coefficient (Wildman–Crippen LogP) is 1.23. The van der Waals surface area contributed by atoms with Gasteiger partial charge in [-0.2, -0.15) is 0 Å². The van der Waals surface area contributed by atoms with Gasteiger partial charge in [0.15, 0.2) is 17.6 Å². The number of carboxylic acid groups (broad SMARTS) is 1. The van der Waals surface area contributed by atoms with Crippen LogP contribution in [0.5, 0.6) is 11.5 Å². The van der Waals surface area contributed by atoms with E-state index in [-0.39, 0.29) is 0 Å². The summed E-state index contributed by atoms with van der Waals surface area (Å²) in [7, 11) is 3.05. The van der Waals surface area contributed by atoms with Crippen LogP contribution in [0.2, 0.25) is 0 Å². The molecule has 1 fully saturated rings. The van der Waals surface area contributed by atoms with Gasteiger partial charge in [0.05, 0.1) is 14.2 Å². The van der Waals surface area contributed by atoms with E-state index in [4.69, 9.17) is 19.3 Å². The molecular weight excluding hydrogens is 212 g/mol. The van der Waals surface area contributed by atoms with E-state index in [2.05, 4.69) is 0 Å². The second kappa shape index (κ2) is 4.02. The Balaban J connectivity index is 2.31. The Kier molecular flexibility index (Phi) is 2.70. The van der Waals surface area contributed by atoms with Gasteiger partial charge in [-0.05, 0) is 6.07 Å². The maximum absolute atomic E-state index is 10.7. The molecule has 1 aliphatic heterocycles. The SMILES string of the molecule is COc1cccc([C@H]2O[C@@H]2C(=O)O)c1OC. The van der Waals surface area contributed by atoms with Gasteiger partial charge in [-0.15, -0.1) is 0 Å². The van der Waals surface area contributed by atoms with Crippen LogP contribution in [0, 0.1) is 0 Å². The quantitative estimate of drug-likeness (QED) is 0.779. The summed E-state index contributed by atoms with van der Waals surface area (Å²) in [5, 5.41) is 8.78. The monoisotopic (exact) mass is 224 g/mol. The number of carbonyl (C=O) groups is 1. The molecule has 5 heteroatoms. The normalized spacial score (nSPS) is 22.6. The minimum atomic E-state index is -0.963. The molecule has 1 aliphatic rings. The number of para-hydroxylation sites is 1. The van der Waals surface area contributed by atoms with Crippen LogP contribution in [0.15, 0.2) is 18.2 Å². The molecule has 0 bridgehead atoms. The fourth-order valence-corrected chi connectivity index (χ4v) is 1.67. The average molecular weight is 224 g/mol. The minimum Gasteiger partial charge on any atom is -0.493 e. The van der Waals surface area contributed by atoms with E-state index >= 15 is 0 Å². The fraction of sp³-hybridized carbons (Fsp3) is 0.364. The Morgan fingerprint density at radius 3 is 2.62 bits per heavy atom. The van der Waals surface area contributed by atoms with Crippen molar-refractivity contribution >= 4 is 5.97 Å². The molecule has 0 radical (unpaired) electrons. The molecular formula is C11H12O5. The van der Waals surface area contributed by atoms with Gasteiger partial charge in [0.25, 0.3) is 0 Å². The highest BCUT2D eigenvalue weighted by atomic mass is 16.6. The highest BCUT2D eigenvalue weighted by Gasteiger charge is 2.48. The number of epoxide rings is 1. The Hall–Kier alpha value is -1.75. The highest BCUT2D eigenvalue weighted by Crippen LogP contribution is 2.46. The molecule has 0 aliphatic carbocycles. The molecule has 86 valence electrons. The molecule has 0 spiro atoms. The number of rotatable bonds is 4. The van der Waals surface area contributed by atoms with Gasteiger partial charge < -0.3 is 19.3 Å². The van der Waals surface area contributed by atoms with Crippen LogP contribution < -0.4 is 9.47 Å². The molecule has 0 saturated carbocycles. The van der Waals surface area contributed by atoms with Gasteiger partial charge in [0, 0.05) is 5.56 Å². The summed E-state index contributed by atoms with van der Waals surface area (Å²) >= 11 is 0. The Morgan fingerprint density at radius 1 is 1.38 bits per heavy atom. The van der Waals surface area contributed by atoms with Crippen LogP contribution in [-0.2, 0) is 9.53 Å². The lowest BCUT2D eigenvalue weighted by Gasteiger charge is -2.10. The lowest BCUT2D eigenvalue weighted by molar-refractivity contribution is -0.138. The smallest absolute Gasteiger partial charge is 0.335 e. The van der Waals surface area contributed by atoms with Crippen LogP contribution in [-0.4, -0.2) is 31.4 Å². The van der Waals surface area contributed by atoms with E-state index in [1.165, 1.54) is 14.2 Å². The molecule has 1 aromatic rings. The van der Waals surface area contributed by atoms with Crippen LogP contribution in [0.25, 0.3) is 0 Å². The van der Waals surface area contributed by atoms with Gasteiger partial charge in [-0.3, -0.25) is 0 Å². The second-order valence-electron chi connectivity index (χ2n) is 3.40. The molecule has 16 heavy (non-hydrogen) atoms. The first-order chi connectivity index (χ1) is 7.69. The summed E-state index contributed by atoms with van der Waals surface area (Å²) in [6.45, 7) is 0. The number of benzene rings is 1. The van der Waals surface area contributed by atoms with Crippen molar-refractivity contribution in [2.75, 3.05) is 14.2 Å². The van der Waals surface area contributed by atoms with Crippen molar-refractivity contribution in [1.82, 2.24) is 0 Å². The van der Waals surface area contributed by atoms with Gasteiger partial charge in [-0.1, -0.05) is 12.1 Å². The van der Waals surface area contributed by atoms with Crippen molar-refractivity contribution in [2.45, 2.75) is 12.2 Å². The predicted molar refractivity (Wildman–Crippen MR) is 54.8 cm³/mol. The Labute approximate surface area is 92.5 Å². The van der Waals surface area contributed by atoms with E-state index in [0.717, 1.165) is 0 Å². The standard InChI is InChI=1S/C11H12O5/c1-14-7-5-3-4-6(8(7)15-2)9-10(16-9)11(12)13/h3-5,9-10H,1-2H3,(H,12,13)/t9-,10+/m1/s1. The number of aliphatic carboxylic acids is 1.